The first-order valence-electron chi connectivity index (χ1n) is 8.12. The third-order valence-corrected chi connectivity index (χ3v) is 4.14. The Balaban J connectivity index is 1.57. The van der Waals surface area contributed by atoms with E-state index in [4.69, 9.17) is 9.47 Å². The second kappa shape index (κ2) is 7.47. The fourth-order valence-electron chi connectivity index (χ4n) is 2.97. The average Bonchev–Trinajstić information content (AvgIpc) is 2.96. The highest BCUT2D eigenvalue weighted by atomic mass is 16.6. The van der Waals surface area contributed by atoms with Crippen molar-refractivity contribution in [3.8, 4) is 5.75 Å². The van der Waals surface area contributed by atoms with E-state index < -0.39 is 0 Å². The van der Waals surface area contributed by atoms with Crippen LogP contribution in [0.5, 0.6) is 5.75 Å². The monoisotopic (exact) mass is 326 g/mol. The van der Waals surface area contributed by atoms with Crippen molar-refractivity contribution in [2.45, 2.75) is 19.1 Å². The lowest BCUT2D eigenvalue weighted by Crippen LogP contribution is -2.27. The van der Waals surface area contributed by atoms with Crippen molar-refractivity contribution in [1.82, 2.24) is 10.6 Å². The summed E-state index contributed by atoms with van der Waals surface area (Å²) in [6.45, 7) is 2.66. The molecule has 1 aliphatic heterocycles. The summed E-state index contributed by atoms with van der Waals surface area (Å²) in [5, 5.41) is 6.71. The Hall–Kier alpha value is -2.37. The molecule has 2 aromatic rings. The molecule has 2 atom stereocenters. The van der Waals surface area contributed by atoms with Crippen LogP contribution < -0.4 is 15.4 Å². The highest BCUT2D eigenvalue weighted by molar-refractivity contribution is 5.89. The van der Waals surface area contributed by atoms with Crippen molar-refractivity contribution in [1.29, 1.82) is 0 Å². The fraction of sp³-hybridized carbons (Fsp3) is 0.316. The molecule has 0 aliphatic carbocycles. The van der Waals surface area contributed by atoms with Crippen LogP contribution in [0.2, 0.25) is 0 Å². The van der Waals surface area contributed by atoms with Gasteiger partial charge < -0.3 is 14.8 Å². The number of hydrogen-bond acceptors (Lipinski definition) is 5. The summed E-state index contributed by atoms with van der Waals surface area (Å²) in [7, 11) is 1.91. The molecular formula is C19H22N2O3. The van der Waals surface area contributed by atoms with E-state index in [0.717, 1.165) is 11.3 Å². The first-order valence-corrected chi connectivity index (χ1v) is 8.12. The maximum Gasteiger partial charge on any atom is 0.338 e. The van der Waals surface area contributed by atoms with E-state index in [1.807, 2.05) is 37.4 Å². The molecule has 24 heavy (non-hydrogen) atoms. The number of nitrogens with one attached hydrogen (secondary N) is 2. The van der Waals surface area contributed by atoms with Crippen LogP contribution in [-0.2, 0) is 4.74 Å². The minimum Gasteiger partial charge on any atom is -0.490 e. The Morgan fingerprint density at radius 1 is 1.12 bits per heavy atom. The van der Waals surface area contributed by atoms with Gasteiger partial charge >= 0.3 is 5.97 Å². The van der Waals surface area contributed by atoms with E-state index in [9.17, 15) is 4.79 Å². The highest BCUT2D eigenvalue weighted by Crippen LogP contribution is 2.37. The molecule has 1 heterocycles. The number of carbonyl (C=O) groups is 1. The lowest BCUT2D eigenvalue weighted by molar-refractivity contribution is 0.0449. The fourth-order valence-corrected chi connectivity index (χ4v) is 2.97. The quantitative estimate of drug-likeness (QED) is 0.631. The van der Waals surface area contributed by atoms with Crippen LogP contribution in [0.25, 0.3) is 0 Å². The minimum absolute atomic E-state index is 0.0677. The standard InChI is InChI=1S/C19H22N2O3/c1-13-15-9-6-10-16(17(15)18(20-2)21-13)23-11-12-24-19(22)14-7-4-3-5-8-14/h3-10,13,18,20-21H,11-12H2,1-2H3. The molecule has 0 saturated carbocycles. The molecule has 0 amide bonds. The van der Waals surface area contributed by atoms with Crippen LogP contribution in [0.4, 0.5) is 0 Å². The van der Waals surface area contributed by atoms with Crippen molar-refractivity contribution in [2.24, 2.45) is 0 Å². The summed E-state index contributed by atoms with van der Waals surface area (Å²) in [5.41, 5.74) is 2.90. The number of ether oxygens (including phenoxy) is 2. The summed E-state index contributed by atoms with van der Waals surface area (Å²) >= 11 is 0. The maximum absolute atomic E-state index is 11.9. The Bertz CT molecular complexity index is 703. The lowest BCUT2D eigenvalue weighted by Gasteiger charge is -2.16. The molecule has 2 aromatic carbocycles. The van der Waals surface area contributed by atoms with Gasteiger partial charge in [-0.05, 0) is 37.7 Å². The predicted octanol–water partition coefficient (Wildman–Crippen LogP) is 2.80. The molecule has 0 spiro atoms. The molecule has 0 bridgehead atoms. The average molecular weight is 326 g/mol. The summed E-state index contributed by atoms with van der Waals surface area (Å²) in [6, 6.07) is 15.3. The van der Waals surface area contributed by atoms with Gasteiger partial charge in [-0.15, -0.1) is 0 Å². The lowest BCUT2D eigenvalue weighted by atomic mass is 10.0. The minimum atomic E-state index is -0.333. The Morgan fingerprint density at radius 2 is 1.92 bits per heavy atom. The van der Waals surface area contributed by atoms with Crippen molar-refractivity contribution in [2.75, 3.05) is 20.3 Å². The van der Waals surface area contributed by atoms with Crippen LogP contribution in [0, 0.1) is 0 Å². The van der Waals surface area contributed by atoms with Gasteiger partial charge in [0.2, 0.25) is 0 Å². The smallest absolute Gasteiger partial charge is 0.338 e. The zero-order valence-electron chi connectivity index (χ0n) is 13.9. The molecule has 2 unspecified atom stereocenters. The number of hydrogen-bond donors (Lipinski definition) is 2. The van der Waals surface area contributed by atoms with E-state index in [2.05, 4.69) is 23.6 Å². The topological polar surface area (TPSA) is 59.6 Å². The largest absolute Gasteiger partial charge is 0.490 e. The van der Waals surface area contributed by atoms with Gasteiger partial charge in [0.05, 0.1) is 11.7 Å². The zero-order chi connectivity index (χ0) is 16.9. The van der Waals surface area contributed by atoms with Gasteiger partial charge in [0, 0.05) is 11.6 Å². The molecule has 126 valence electrons. The summed E-state index contributed by atoms with van der Waals surface area (Å²) in [6.07, 6.45) is 0.0677. The first-order chi connectivity index (χ1) is 11.7. The van der Waals surface area contributed by atoms with E-state index in [-0.39, 0.29) is 24.8 Å². The van der Waals surface area contributed by atoms with Crippen LogP contribution in [-0.4, -0.2) is 26.2 Å². The molecule has 1 aliphatic rings. The number of rotatable bonds is 6. The van der Waals surface area contributed by atoms with Crippen LogP contribution in [0.15, 0.2) is 48.5 Å². The molecule has 3 rings (SSSR count). The summed E-state index contributed by atoms with van der Waals surface area (Å²) in [4.78, 5) is 11.9. The third-order valence-electron chi connectivity index (χ3n) is 4.14. The van der Waals surface area contributed by atoms with Gasteiger partial charge in [0.25, 0.3) is 0 Å². The van der Waals surface area contributed by atoms with Gasteiger partial charge in [0.1, 0.15) is 19.0 Å². The van der Waals surface area contributed by atoms with Gasteiger partial charge in [0.15, 0.2) is 0 Å². The Morgan fingerprint density at radius 3 is 2.67 bits per heavy atom. The van der Waals surface area contributed by atoms with E-state index in [0.29, 0.717) is 12.2 Å². The van der Waals surface area contributed by atoms with Gasteiger partial charge in [-0.3, -0.25) is 5.32 Å². The van der Waals surface area contributed by atoms with Gasteiger partial charge in [-0.2, -0.15) is 0 Å². The molecule has 5 heteroatoms. The Labute approximate surface area is 142 Å². The van der Waals surface area contributed by atoms with Gasteiger partial charge in [-0.25, -0.2) is 4.79 Å². The van der Waals surface area contributed by atoms with Gasteiger partial charge in [-0.1, -0.05) is 30.3 Å². The molecule has 0 fully saturated rings. The number of benzene rings is 2. The second-order valence-corrected chi connectivity index (χ2v) is 5.72. The molecule has 2 N–H and O–H groups in total. The van der Waals surface area contributed by atoms with Crippen molar-refractivity contribution in [3.63, 3.8) is 0 Å². The first kappa shape index (κ1) is 16.5. The van der Waals surface area contributed by atoms with Crippen LogP contribution in [0.3, 0.4) is 0 Å². The van der Waals surface area contributed by atoms with Crippen molar-refractivity contribution in [3.05, 3.63) is 65.2 Å². The van der Waals surface area contributed by atoms with Crippen LogP contribution in [0.1, 0.15) is 40.6 Å². The molecular weight excluding hydrogens is 304 g/mol. The van der Waals surface area contributed by atoms with Crippen molar-refractivity contribution < 1.29 is 14.3 Å². The number of fused-ring (bicyclic) bond motifs is 1. The highest BCUT2D eigenvalue weighted by Gasteiger charge is 2.29. The molecule has 0 radical (unpaired) electrons. The number of carbonyl (C=O) groups excluding carboxylic acids is 1. The SMILES string of the molecule is CNC1NC(C)c2cccc(OCCOC(=O)c3ccccc3)c21. The third kappa shape index (κ3) is 3.42. The molecule has 0 saturated heterocycles. The van der Waals surface area contributed by atoms with Crippen LogP contribution >= 0.6 is 0 Å². The van der Waals surface area contributed by atoms with E-state index in [1.54, 1.807) is 12.1 Å². The maximum atomic E-state index is 11.9. The second-order valence-electron chi connectivity index (χ2n) is 5.72. The normalized spacial score (nSPS) is 18.9. The van der Waals surface area contributed by atoms with E-state index >= 15 is 0 Å². The molecule has 5 nitrogen and oxygen atoms in total. The summed E-state index contributed by atoms with van der Waals surface area (Å²) < 4.78 is 11.1. The Kier molecular flexibility index (Phi) is 5.13. The predicted molar refractivity (Wildman–Crippen MR) is 92.0 cm³/mol. The summed E-state index contributed by atoms with van der Waals surface area (Å²) in [5.74, 6) is 0.486. The van der Waals surface area contributed by atoms with E-state index in [1.165, 1.54) is 5.56 Å². The zero-order valence-corrected chi connectivity index (χ0v) is 13.9. The van der Waals surface area contributed by atoms with Crippen molar-refractivity contribution >= 4 is 5.97 Å². The molecule has 0 aromatic heterocycles. The number of esters is 1.